The molecule has 0 spiro atoms. The molecule has 0 fully saturated rings. The van der Waals surface area contributed by atoms with Gasteiger partial charge >= 0.3 is 0 Å². The average molecular weight is 271 g/mol. The first-order chi connectivity index (χ1) is 8.06. The highest BCUT2D eigenvalue weighted by atomic mass is 35.5. The maximum Gasteiger partial charge on any atom is 0.108 e. The topological polar surface area (TPSA) is 17.1 Å². The van der Waals surface area contributed by atoms with Crippen molar-refractivity contribution in [3.63, 3.8) is 0 Å². The lowest BCUT2D eigenvalue weighted by Crippen LogP contribution is -1.94. The number of aryl methyl sites for hydroxylation is 1. The second-order valence-electron chi connectivity index (χ2n) is 4.24. The van der Waals surface area contributed by atoms with Crippen LogP contribution in [0.2, 0.25) is 0 Å². The van der Waals surface area contributed by atoms with Gasteiger partial charge in [0, 0.05) is 4.90 Å². The van der Waals surface area contributed by atoms with Crippen LogP contribution in [0.25, 0.3) is 0 Å². The number of allylic oxidation sites excluding steroid dienone is 1. The van der Waals surface area contributed by atoms with E-state index in [0.29, 0.717) is 4.36 Å². The van der Waals surface area contributed by atoms with Crippen molar-refractivity contribution in [3.05, 3.63) is 39.8 Å². The van der Waals surface area contributed by atoms with E-state index in [2.05, 4.69) is 6.92 Å². The van der Waals surface area contributed by atoms with Crippen LogP contribution in [0.4, 0.5) is 0 Å². The fraction of sp³-hybridized carbons (Fsp3) is 0.429. The Hall–Kier alpha value is -0.600. The van der Waals surface area contributed by atoms with E-state index in [1.54, 1.807) is 0 Å². The van der Waals surface area contributed by atoms with Crippen LogP contribution in [-0.4, -0.2) is 4.21 Å². The predicted octanol–water partition coefficient (Wildman–Crippen LogP) is 4.76. The SMILES string of the molecule is CCCC/C(C)=C(/Cl)S(=O)c1ccc(C)cc1. The molecular weight excluding hydrogens is 252 g/mol. The molecule has 0 heterocycles. The van der Waals surface area contributed by atoms with Crippen molar-refractivity contribution in [2.45, 2.75) is 44.9 Å². The molecule has 94 valence electrons. The molecule has 1 atom stereocenters. The Morgan fingerprint density at radius 2 is 1.88 bits per heavy atom. The summed E-state index contributed by atoms with van der Waals surface area (Å²) in [5, 5.41) is 0. The van der Waals surface area contributed by atoms with Crippen LogP contribution < -0.4 is 0 Å². The van der Waals surface area contributed by atoms with Gasteiger partial charge in [0.05, 0.1) is 10.8 Å². The molecule has 0 bridgehead atoms. The van der Waals surface area contributed by atoms with E-state index >= 15 is 0 Å². The second kappa shape index (κ2) is 6.97. The van der Waals surface area contributed by atoms with E-state index in [1.807, 2.05) is 38.1 Å². The van der Waals surface area contributed by atoms with Gasteiger partial charge in [0.15, 0.2) is 0 Å². The number of hydrogen-bond acceptors (Lipinski definition) is 1. The lowest BCUT2D eigenvalue weighted by molar-refractivity contribution is 0.687. The molecule has 0 radical (unpaired) electrons. The quantitative estimate of drug-likeness (QED) is 0.754. The number of rotatable bonds is 5. The maximum atomic E-state index is 12.2. The summed E-state index contributed by atoms with van der Waals surface area (Å²) in [7, 11) is -1.22. The molecule has 17 heavy (non-hydrogen) atoms. The van der Waals surface area contributed by atoms with Crippen molar-refractivity contribution >= 4 is 22.4 Å². The fourth-order valence-electron chi connectivity index (χ4n) is 1.46. The zero-order valence-corrected chi connectivity index (χ0v) is 12.2. The highest BCUT2D eigenvalue weighted by molar-refractivity contribution is 7.90. The highest BCUT2D eigenvalue weighted by Crippen LogP contribution is 2.24. The minimum absolute atomic E-state index is 0.488. The lowest BCUT2D eigenvalue weighted by atomic mass is 10.1. The Morgan fingerprint density at radius 1 is 1.29 bits per heavy atom. The van der Waals surface area contributed by atoms with Crippen molar-refractivity contribution < 1.29 is 4.21 Å². The molecule has 0 aliphatic heterocycles. The first-order valence-corrected chi connectivity index (χ1v) is 7.42. The van der Waals surface area contributed by atoms with Crippen LogP contribution in [0.15, 0.2) is 39.1 Å². The number of hydrogen-bond donors (Lipinski definition) is 0. The summed E-state index contributed by atoms with van der Waals surface area (Å²) < 4.78 is 12.7. The summed E-state index contributed by atoms with van der Waals surface area (Å²) in [6.07, 6.45) is 3.14. The van der Waals surface area contributed by atoms with Gasteiger partial charge in [-0.05, 0) is 44.4 Å². The van der Waals surface area contributed by atoms with E-state index in [-0.39, 0.29) is 0 Å². The summed E-state index contributed by atoms with van der Waals surface area (Å²) in [6.45, 7) is 6.11. The number of unbranched alkanes of at least 4 members (excludes halogenated alkanes) is 1. The van der Waals surface area contributed by atoms with Crippen LogP contribution in [0.1, 0.15) is 38.7 Å². The van der Waals surface area contributed by atoms with E-state index in [9.17, 15) is 4.21 Å². The van der Waals surface area contributed by atoms with Crippen molar-refractivity contribution in [2.75, 3.05) is 0 Å². The lowest BCUT2D eigenvalue weighted by Gasteiger charge is -2.06. The molecular formula is C14H19ClOS. The van der Waals surface area contributed by atoms with Gasteiger partial charge in [0.25, 0.3) is 0 Å². The van der Waals surface area contributed by atoms with E-state index < -0.39 is 10.8 Å². The van der Waals surface area contributed by atoms with E-state index in [0.717, 1.165) is 35.3 Å². The van der Waals surface area contributed by atoms with Crippen LogP contribution in [0, 0.1) is 6.92 Å². The minimum atomic E-state index is -1.22. The Balaban J connectivity index is 2.85. The molecule has 1 rings (SSSR count). The third-order valence-electron chi connectivity index (χ3n) is 2.64. The van der Waals surface area contributed by atoms with Gasteiger partial charge in [-0.2, -0.15) is 0 Å². The molecule has 0 aromatic heterocycles. The van der Waals surface area contributed by atoms with Gasteiger partial charge in [0.2, 0.25) is 0 Å². The monoisotopic (exact) mass is 270 g/mol. The Labute approximate surface area is 111 Å². The first-order valence-electron chi connectivity index (χ1n) is 5.90. The average Bonchev–Trinajstić information content (AvgIpc) is 2.35. The van der Waals surface area contributed by atoms with Gasteiger partial charge in [-0.1, -0.05) is 42.6 Å². The predicted molar refractivity (Wildman–Crippen MR) is 75.7 cm³/mol. The smallest absolute Gasteiger partial charge is 0.108 e. The van der Waals surface area contributed by atoms with Crippen molar-refractivity contribution in [1.82, 2.24) is 0 Å². The highest BCUT2D eigenvalue weighted by Gasteiger charge is 2.10. The molecule has 0 amide bonds. The molecule has 3 heteroatoms. The third kappa shape index (κ3) is 4.29. The fourth-order valence-corrected chi connectivity index (χ4v) is 2.83. The standard InChI is InChI=1S/C14H19ClOS/c1-4-5-6-12(3)14(15)17(16)13-9-7-11(2)8-10-13/h7-10H,4-6H2,1-3H3/b14-12-. The number of halogens is 1. The van der Waals surface area contributed by atoms with Gasteiger partial charge in [-0.25, -0.2) is 4.21 Å². The molecule has 1 unspecified atom stereocenters. The van der Waals surface area contributed by atoms with Crippen molar-refractivity contribution in [3.8, 4) is 0 Å². The molecule has 0 N–H and O–H groups in total. The van der Waals surface area contributed by atoms with Gasteiger partial charge in [0.1, 0.15) is 4.36 Å². The molecule has 0 saturated carbocycles. The Bertz CT molecular complexity index is 420. The molecule has 1 aromatic carbocycles. The summed E-state index contributed by atoms with van der Waals surface area (Å²) in [6, 6.07) is 7.67. The van der Waals surface area contributed by atoms with Crippen molar-refractivity contribution in [1.29, 1.82) is 0 Å². The van der Waals surface area contributed by atoms with Crippen LogP contribution in [0.3, 0.4) is 0 Å². The zero-order chi connectivity index (χ0) is 12.8. The molecule has 1 nitrogen and oxygen atoms in total. The second-order valence-corrected chi connectivity index (χ2v) is 6.26. The maximum absolute atomic E-state index is 12.2. The van der Waals surface area contributed by atoms with Crippen molar-refractivity contribution in [2.24, 2.45) is 0 Å². The van der Waals surface area contributed by atoms with E-state index in [1.165, 1.54) is 0 Å². The minimum Gasteiger partial charge on any atom is -0.248 e. The summed E-state index contributed by atoms with van der Waals surface area (Å²) in [4.78, 5) is 0.774. The zero-order valence-electron chi connectivity index (χ0n) is 10.6. The largest absolute Gasteiger partial charge is 0.248 e. The van der Waals surface area contributed by atoms with Gasteiger partial charge in [-0.3, -0.25) is 0 Å². The Kier molecular flexibility index (Phi) is 5.93. The molecule has 0 aliphatic carbocycles. The summed E-state index contributed by atoms with van der Waals surface area (Å²) in [5.41, 5.74) is 2.20. The van der Waals surface area contributed by atoms with Gasteiger partial charge < -0.3 is 0 Å². The third-order valence-corrected chi connectivity index (χ3v) is 4.76. The molecule has 0 aliphatic rings. The first kappa shape index (κ1) is 14.5. The summed E-state index contributed by atoms with van der Waals surface area (Å²) in [5.74, 6) is 0. The van der Waals surface area contributed by atoms with Crippen LogP contribution >= 0.6 is 11.6 Å². The number of benzene rings is 1. The van der Waals surface area contributed by atoms with Crippen LogP contribution in [0.5, 0.6) is 0 Å². The van der Waals surface area contributed by atoms with E-state index in [4.69, 9.17) is 11.6 Å². The Morgan fingerprint density at radius 3 is 2.41 bits per heavy atom. The molecule has 1 aromatic rings. The molecule has 0 saturated heterocycles. The summed E-state index contributed by atoms with van der Waals surface area (Å²) >= 11 is 6.17. The van der Waals surface area contributed by atoms with Gasteiger partial charge in [-0.15, -0.1) is 0 Å². The van der Waals surface area contributed by atoms with Crippen LogP contribution in [-0.2, 0) is 10.8 Å². The normalized spacial score (nSPS) is 14.4.